The van der Waals surface area contributed by atoms with Crippen LogP contribution in [0.2, 0.25) is 0 Å². The predicted molar refractivity (Wildman–Crippen MR) is 55.2 cm³/mol. The highest BCUT2D eigenvalue weighted by Crippen LogP contribution is 2.13. The second kappa shape index (κ2) is 5.70. The Bertz CT molecular complexity index is 233. The van der Waals surface area contributed by atoms with Crippen molar-refractivity contribution in [1.29, 1.82) is 0 Å². The minimum absolute atomic E-state index is 0.0877. The molecule has 1 rings (SSSR count). The van der Waals surface area contributed by atoms with Gasteiger partial charge in [0.1, 0.15) is 0 Å². The van der Waals surface area contributed by atoms with Gasteiger partial charge in [0.2, 0.25) is 6.41 Å². The summed E-state index contributed by atoms with van der Waals surface area (Å²) in [6.45, 7) is 6.04. The summed E-state index contributed by atoms with van der Waals surface area (Å²) in [6, 6.07) is -0.0877. The van der Waals surface area contributed by atoms with Crippen LogP contribution in [0, 0.1) is 5.92 Å². The summed E-state index contributed by atoms with van der Waals surface area (Å²) < 4.78 is 4.94. The van der Waals surface area contributed by atoms with Crippen LogP contribution in [0.1, 0.15) is 13.8 Å². The van der Waals surface area contributed by atoms with E-state index in [9.17, 15) is 9.59 Å². The molecule has 1 N–H and O–H groups in total. The first-order valence-corrected chi connectivity index (χ1v) is 5.29. The lowest BCUT2D eigenvalue weighted by molar-refractivity contribution is -0.150. The molecule has 0 aromatic rings. The molecular formula is C10H18N2O3. The Hall–Kier alpha value is -1.10. The van der Waals surface area contributed by atoms with Crippen molar-refractivity contribution in [1.82, 2.24) is 10.2 Å². The largest absolute Gasteiger partial charge is 0.466 e. The van der Waals surface area contributed by atoms with Crippen molar-refractivity contribution in [2.45, 2.75) is 19.9 Å². The molecule has 2 unspecified atom stereocenters. The normalized spacial score (nSPS) is 23.3. The van der Waals surface area contributed by atoms with Crippen LogP contribution in [0.4, 0.5) is 0 Å². The van der Waals surface area contributed by atoms with Gasteiger partial charge >= 0.3 is 5.97 Å². The first-order chi connectivity index (χ1) is 7.20. The maximum atomic E-state index is 11.5. The van der Waals surface area contributed by atoms with Crippen molar-refractivity contribution in [3.05, 3.63) is 0 Å². The minimum atomic E-state index is -0.275. The van der Waals surface area contributed by atoms with Gasteiger partial charge in [0, 0.05) is 19.6 Å². The molecule has 1 heterocycles. The highest BCUT2D eigenvalue weighted by atomic mass is 16.5. The van der Waals surface area contributed by atoms with E-state index in [1.54, 1.807) is 18.7 Å². The minimum Gasteiger partial charge on any atom is -0.466 e. The number of esters is 1. The van der Waals surface area contributed by atoms with E-state index < -0.39 is 0 Å². The van der Waals surface area contributed by atoms with Gasteiger partial charge in [-0.25, -0.2) is 0 Å². The number of carbonyl (C=O) groups excluding carboxylic acids is 2. The molecule has 5 nitrogen and oxygen atoms in total. The Morgan fingerprint density at radius 1 is 1.73 bits per heavy atom. The predicted octanol–water partition coefficient (Wildman–Crippen LogP) is -0.384. The highest BCUT2D eigenvalue weighted by molar-refractivity contribution is 5.73. The molecule has 1 aliphatic rings. The quantitative estimate of drug-likeness (QED) is 0.512. The number of hydrogen-bond acceptors (Lipinski definition) is 4. The number of amides is 1. The van der Waals surface area contributed by atoms with Crippen molar-refractivity contribution in [2.24, 2.45) is 5.92 Å². The van der Waals surface area contributed by atoms with E-state index in [2.05, 4.69) is 5.32 Å². The zero-order valence-electron chi connectivity index (χ0n) is 9.23. The zero-order valence-corrected chi connectivity index (χ0v) is 9.23. The number of nitrogens with one attached hydrogen (secondary N) is 1. The summed E-state index contributed by atoms with van der Waals surface area (Å²) in [5.74, 6) is -0.513. The fraction of sp³-hybridized carbons (Fsp3) is 0.800. The third-order valence-electron chi connectivity index (χ3n) is 2.70. The molecule has 0 spiro atoms. The van der Waals surface area contributed by atoms with E-state index in [-0.39, 0.29) is 17.9 Å². The molecule has 1 saturated heterocycles. The summed E-state index contributed by atoms with van der Waals surface area (Å²) in [5.41, 5.74) is 0. The fourth-order valence-electron chi connectivity index (χ4n) is 1.77. The third kappa shape index (κ3) is 2.92. The Balaban J connectivity index is 2.58. The van der Waals surface area contributed by atoms with E-state index >= 15 is 0 Å². The van der Waals surface area contributed by atoms with Crippen LogP contribution in [0.15, 0.2) is 0 Å². The molecule has 0 aromatic carbocycles. The Labute approximate surface area is 89.8 Å². The van der Waals surface area contributed by atoms with Crippen LogP contribution in [0.3, 0.4) is 0 Å². The van der Waals surface area contributed by atoms with E-state index in [0.717, 1.165) is 13.0 Å². The van der Waals surface area contributed by atoms with Crippen molar-refractivity contribution in [2.75, 3.05) is 26.2 Å². The van der Waals surface area contributed by atoms with Gasteiger partial charge in [-0.3, -0.25) is 9.59 Å². The standard InChI is InChI=1S/C10H18N2O3/c1-3-15-10(14)8(2)9-6-11-4-5-12(9)7-13/h7-9,11H,3-6H2,1-2H3. The van der Waals surface area contributed by atoms with Crippen LogP contribution < -0.4 is 5.32 Å². The van der Waals surface area contributed by atoms with Crippen molar-refractivity contribution in [3.8, 4) is 0 Å². The van der Waals surface area contributed by atoms with E-state index in [4.69, 9.17) is 4.74 Å². The van der Waals surface area contributed by atoms with Gasteiger partial charge in [-0.05, 0) is 13.8 Å². The average molecular weight is 214 g/mol. The monoisotopic (exact) mass is 214 g/mol. The van der Waals surface area contributed by atoms with Gasteiger partial charge in [-0.1, -0.05) is 0 Å². The Morgan fingerprint density at radius 3 is 3.07 bits per heavy atom. The molecule has 0 bridgehead atoms. The number of piperazine rings is 1. The second-order valence-corrected chi connectivity index (χ2v) is 3.66. The maximum absolute atomic E-state index is 11.5. The molecule has 15 heavy (non-hydrogen) atoms. The molecule has 2 atom stereocenters. The van der Waals surface area contributed by atoms with E-state index in [1.165, 1.54) is 0 Å². The summed E-state index contributed by atoms with van der Waals surface area (Å²) in [7, 11) is 0. The average Bonchev–Trinajstić information content (AvgIpc) is 2.28. The molecular weight excluding hydrogens is 196 g/mol. The Morgan fingerprint density at radius 2 is 2.47 bits per heavy atom. The number of ether oxygens (including phenoxy) is 1. The smallest absolute Gasteiger partial charge is 0.310 e. The fourth-order valence-corrected chi connectivity index (χ4v) is 1.77. The molecule has 0 aromatic heterocycles. The van der Waals surface area contributed by atoms with Gasteiger partial charge in [0.15, 0.2) is 0 Å². The first kappa shape index (κ1) is 12.0. The molecule has 0 aliphatic carbocycles. The van der Waals surface area contributed by atoms with E-state index in [1.807, 2.05) is 0 Å². The lowest BCUT2D eigenvalue weighted by Gasteiger charge is -2.36. The summed E-state index contributed by atoms with van der Waals surface area (Å²) in [6.07, 6.45) is 0.807. The highest BCUT2D eigenvalue weighted by Gasteiger charge is 2.31. The van der Waals surface area contributed by atoms with Crippen LogP contribution in [0.25, 0.3) is 0 Å². The van der Waals surface area contributed by atoms with Crippen molar-refractivity contribution in [3.63, 3.8) is 0 Å². The van der Waals surface area contributed by atoms with Gasteiger partial charge in [-0.15, -0.1) is 0 Å². The lowest BCUT2D eigenvalue weighted by atomic mass is 9.99. The van der Waals surface area contributed by atoms with Gasteiger partial charge in [-0.2, -0.15) is 0 Å². The third-order valence-corrected chi connectivity index (χ3v) is 2.70. The molecule has 1 fully saturated rings. The van der Waals surface area contributed by atoms with Crippen LogP contribution in [-0.4, -0.2) is 49.6 Å². The first-order valence-electron chi connectivity index (χ1n) is 5.29. The van der Waals surface area contributed by atoms with Crippen molar-refractivity contribution < 1.29 is 14.3 Å². The van der Waals surface area contributed by atoms with Gasteiger partial charge in [0.05, 0.1) is 18.6 Å². The van der Waals surface area contributed by atoms with E-state index in [0.29, 0.717) is 19.7 Å². The zero-order chi connectivity index (χ0) is 11.3. The van der Waals surface area contributed by atoms with Gasteiger partial charge in [0.25, 0.3) is 0 Å². The summed E-state index contributed by atoms with van der Waals surface area (Å²) >= 11 is 0. The molecule has 86 valence electrons. The topological polar surface area (TPSA) is 58.6 Å². The summed E-state index contributed by atoms with van der Waals surface area (Å²) in [4.78, 5) is 24.0. The molecule has 1 aliphatic heterocycles. The van der Waals surface area contributed by atoms with Crippen LogP contribution in [0.5, 0.6) is 0 Å². The molecule has 5 heteroatoms. The van der Waals surface area contributed by atoms with Crippen LogP contribution in [-0.2, 0) is 14.3 Å². The molecule has 1 amide bonds. The van der Waals surface area contributed by atoms with Crippen molar-refractivity contribution >= 4 is 12.4 Å². The number of hydrogen-bond donors (Lipinski definition) is 1. The Kier molecular flexibility index (Phi) is 4.55. The number of nitrogens with zero attached hydrogens (tertiary/aromatic N) is 1. The maximum Gasteiger partial charge on any atom is 0.310 e. The lowest BCUT2D eigenvalue weighted by Crippen LogP contribution is -2.54. The number of carbonyl (C=O) groups is 2. The second-order valence-electron chi connectivity index (χ2n) is 3.66. The summed E-state index contributed by atoms with van der Waals surface area (Å²) in [5, 5.41) is 3.17. The van der Waals surface area contributed by atoms with Gasteiger partial charge < -0.3 is 15.0 Å². The number of rotatable bonds is 4. The van der Waals surface area contributed by atoms with Crippen LogP contribution >= 0.6 is 0 Å². The molecule has 0 saturated carbocycles. The molecule has 0 radical (unpaired) electrons. The SMILES string of the molecule is CCOC(=O)C(C)C1CNCCN1C=O.